The molecule has 2 aliphatic heterocycles. The van der Waals surface area contributed by atoms with Crippen molar-refractivity contribution in [2.75, 3.05) is 58.0 Å². The van der Waals surface area contributed by atoms with E-state index in [-0.39, 0.29) is 5.41 Å². The number of hydrogen-bond donors (Lipinski definition) is 0. The highest BCUT2D eigenvalue weighted by Gasteiger charge is 2.48. The second kappa shape index (κ2) is 8.01. The quantitative estimate of drug-likeness (QED) is 0.803. The second-order valence-corrected chi connectivity index (χ2v) is 8.50. The largest absolute Gasteiger partial charge is 0.384 e. The zero-order valence-electron chi connectivity index (χ0n) is 15.7. The summed E-state index contributed by atoms with van der Waals surface area (Å²) in [6.45, 7) is 6.80. The summed E-state index contributed by atoms with van der Waals surface area (Å²) in [6.07, 6.45) is 6.79. The van der Waals surface area contributed by atoms with Gasteiger partial charge in [0.25, 0.3) is 0 Å². The van der Waals surface area contributed by atoms with Crippen LogP contribution in [0.5, 0.6) is 0 Å². The zero-order valence-corrected chi connectivity index (χ0v) is 16.5. The SMILES string of the molecule is COC[C@@]12CC[C@@H](N3CCOCC3)C[C@H]1CCN(c1ncccc1Cl)C2. The lowest BCUT2D eigenvalue weighted by Crippen LogP contribution is -2.57. The number of rotatable bonds is 4. The lowest BCUT2D eigenvalue weighted by Gasteiger charge is -2.54. The Kier molecular flexibility index (Phi) is 5.69. The van der Waals surface area contributed by atoms with Crippen LogP contribution in [0, 0.1) is 11.3 Å². The Morgan fingerprint density at radius 1 is 1.31 bits per heavy atom. The number of ether oxygens (including phenoxy) is 2. The summed E-state index contributed by atoms with van der Waals surface area (Å²) in [4.78, 5) is 9.59. The molecule has 1 aromatic rings. The van der Waals surface area contributed by atoms with Crippen molar-refractivity contribution in [1.82, 2.24) is 9.88 Å². The van der Waals surface area contributed by atoms with Crippen molar-refractivity contribution in [1.29, 1.82) is 0 Å². The number of aromatic nitrogens is 1. The monoisotopic (exact) mass is 379 g/mol. The molecule has 3 aliphatic rings. The lowest BCUT2D eigenvalue weighted by atomic mass is 9.62. The molecule has 3 heterocycles. The van der Waals surface area contributed by atoms with Gasteiger partial charge in [-0.1, -0.05) is 11.6 Å². The van der Waals surface area contributed by atoms with Gasteiger partial charge < -0.3 is 14.4 Å². The predicted molar refractivity (Wildman–Crippen MR) is 104 cm³/mol. The maximum Gasteiger partial charge on any atom is 0.147 e. The van der Waals surface area contributed by atoms with Crippen LogP contribution in [0.1, 0.15) is 25.7 Å². The van der Waals surface area contributed by atoms with Crippen LogP contribution in [0.4, 0.5) is 5.82 Å². The number of nitrogens with zero attached hydrogens (tertiary/aromatic N) is 3. The summed E-state index contributed by atoms with van der Waals surface area (Å²) in [5, 5.41) is 0.750. The number of anilines is 1. The number of halogens is 1. The molecule has 3 atom stereocenters. The third kappa shape index (κ3) is 3.59. The minimum absolute atomic E-state index is 0.219. The molecular weight excluding hydrogens is 350 g/mol. The molecule has 2 saturated heterocycles. The fourth-order valence-corrected chi connectivity index (χ4v) is 5.59. The topological polar surface area (TPSA) is 37.8 Å². The molecule has 0 bridgehead atoms. The first-order valence-electron chi connectivity index (χ1n) is 9.88. The van der Waals surface area contributed by atoms with E-state index in [4.69, 9.17) is 21.1 Å². The van der Waals surface area contributed by atoms with Gasteiger partial charge in [-0.05, 0) is 43.7 Å². The Morgan fingerprint density at radius 2 is 2.15 bits per heavy atom. The summed E-state index contributed by atoms with van der Waals surface area (Å²) in [5.74, 6) is 1.64. The maximum absolute atomic E-state index is 6.43. The smallest absolute Gasteiger partial charge is 0.147 e. The first kappa shape index (κ1) is 18.5. The van der Waals surface area contributed by atoms with Gasteiger partial charge >= 0.3 is 0 Å². The highest BCUT2D eigenvalue weighted by molar-refractivity contribution is 6.32. The average Bonchev–Trinajstić information content (AvgIpc) is 2.68. The Balaban J connectivity index is 1.50. The minimum Gasteiger partial charge on any atom is -0.384 e. The summed E-state index contributed by atoms with van der Waals surface area (Å²) in [7, 11) is 1.84. The van der Waals surface area contributed by atoms with E-state index in [9.17, 15) is 0 Å². The summed E-state index contributed by atoms with van der Waals surface area (Å²) < 4.78 is 11.3. The fraction of sp³-hybridized carbons (Fsp3) is 0.750. The Labute approximate surface area is 161 Å². The van der Waals surface area contributed by atoms with E-state index in [1.54, 1.807) is 0 Å². The Hall–Kier alpha value is -0.880. The molecular formula is C20H30ClN3O2. The number of methoxy groups -OCH3 is 1. The van der Waals surface area contributed by atoms with Crippen molar-refractivity contribution in [3.8, 4) is 0 Å². The van der Waals surface area contributed by atoms with Gasteiger partial charge in [0.05, 0.1) is 24.8 Å². The minimum atomic E-state index is 0.219. The Bertz CT molecular complexity index is 610. The van der Waals surface area contributed by atoms with Gasteiger partial charge in [0.1, 0.15) is 5.82 Å². The molecule has 1 aliphatic carbocycles. The molecule has 0 radical (unpaired) electrons. The molecule has 6 heteroatoms. The average molecular weight is 380 g/mol. The molecule has 26 heavy (non-hydrogen) atoms. The molecule has 0 amide bonds. The molecule has 0 aromatic carbocycles. The highest BCUT2D eigenvalue weighted by Crippen LogP contribution is 2.48. The molecule has 1 saturated carbocycles. The van der Waals surface area contributed by atoms with Gasteiger partial charge in [-0.3, -0.25) is 4.90 Å². The van der Waals surface area contributed by atoms with Crippen molar-refractivity contribution in [3.05, 3.63) is 23.4 Å². The molecule has 1 aromatic heterocycles. The van der Waals surface area contributed by atoms with Crippen LogP contribution in [0.2, 0.25) is 5.02 Å². The Morgan fingerprint density at radius 3 is 2.92 bits per heavy atom. The summed E-state index contributed by atoms with van der Waals surface area (Å²) in [6, 6.07) is 4.55. The van der Waals surface area contributed by atoms with Crippen molar-refractivity contribution in [2.45, 2.75) is 31.7 Å². The summed E-state index contributed by atoms with van der Waals surface area (Å²) >= 11 is 6.43. The summed E-state index contributed by atoms with van der Waals surface area (Å²) in [5.41, 5.74) is 0.219. The van der Waals surface area contributed by atoms with Crippen molar-refractivity contribution in [3.63, 3.8) is 0 Å². The third-order valence-corrected chi connectivity index (χ3v) is 6.98. The third-order valence-electron chi connectivity index (χ3n) is 6.68. The van der Waals surface area contributed by atoms with Crippen LogP contribution in [-0.4, -0.2) is 69.0 Å². The highest BCUT2D eigenvalue weighted by atomic mass is 35.5. The number of piperidine rings is 1. The van der Waals surface area contributed by atoms with E-state index in [0.29, 0.717) is 12.0 Å². The number of pyridine rings is 1. The van der Waals surface area contributed by atoms with E-state index in [1.807, 2.05) is 25.4 Å². The van der Waals surface area contributed by atoms with E-state index in [2.05, 4.69) is 14.8 Å². The van der Waals surface area contributed by atoms with Gasteiger partial charge in [-0.25, -0.2) is 4.98 Å². The van der Waals surface area contributed by atoms with Gasteiger partial charge in [0.15, 0.2) is 0 Å². The van der Waals surface area contributed by atoms with Gasteiger partial charge in [0.2, 0.25) is 0 Å². The van der Waals surface area contributed by atoms with Crippen molar-refractivity contribution in [2.24, 2.45) is 11.3 Å². The molecule has 5 nitrogen and oxygen atoms in total. The number of morpholine rings is 1. The van der Waals surface area contributed by atoms with Gasteiger partial charge in [0, 0.05) is 50.9 Å². The van der Waals surface area contributed by atoms with Gasteiger partial charge in [-0.2, -0.15) is 0 Å². The molecule has 4 rings (SSSR count). The normalized spacial score (nSPS) is 33.1. The second-order valence-electron chi connectivity index (χ2n) is 8.09. The van der Waals surface area contributed by atoms with E-state index in [1.165, 1.54) is 25.7 Å². The molecule has 3 fully saturated rings. The van der Waals surface area contributed by atoms with E-state index in [0.717, 1.165) is 56.8 Å². The molecule has 0 N–H and O–H groups in total. The van der Waals surface area contributed by atoms with Crippen LogP contribution in [0.15, 0.2) is 18.3 Å². The van der Waals surface area contributed by atoms with E-state index >= 15 is 0 Å². The van der Waals surface area contributed by atoms with Crippen LogP contribution >= 0.6 is 11.6 Å². The van der Waals surface area contributed by atoms with Crippen LogP contribution in [0.25, 0.3) is 0 Å². The van der Waals surface area contributed by atoms with Crippen molar-refractivity contribution >= 4 is 17.4 Å². The number of hydrogen-bond acceptors (Lipinski definition) is 5. The standard InChI is InChI=1S/C20H30ClN3O2/c1-25-15-20-6-4-17(23-9-11-26-12-10-23)13-16(20)5-8-24(14-20)19-18(21)3-2-7-22-19/h2-3,7,16-17H,4-6,8-15H2,1H3/t16-,17-,20+/m1/s1. The molecule has 0 unspecified atom stereocenters. The van der Waals surface area contributed by atoms with Gasteiger partial charge in [-0.15, -0.1) is 0 Å². The fourth-order valence-electron chi connectivity index (χ4n) is 5.35. The van der Waals surface area contributed by atoms with Crippen LogP contribution in [-0.2, 0) is 9.47 Å². The first-order valence-corrected chi connectivity index (χ1v) is 10.3. The molecule has 0 spiro atoms. The maximum atomic E-state index is 6.43. The van der Waals surface area contributed by atoms with Crippen LogP contribution < -0.4 is 4.90 Å². The lowest BCUT2D eigenvalue weighted by molar-refractivity contribution is -0.0540. The first-order chi connectivity index (χ1) is 12.7. The number of fused-ring (bicyclic) bond motifs is 1. The van der Waals surface area contributed by atoms with Crippen molar-refractivity contribution < 1.29 is 9.47 Å². The molecule has 144 valence electrons. The zero-order chi connectivity index (χ0) is 18.0. The predicted octanol–water partition coefficient (Wildman–Crippen LogP) is 3.08. The van der Waals surface area contributed by atoms with E-state index < -0.39 is 0 Å². The van der Waals surface area contributed by atoms with Crippen LogP contribution in [0.3, 0.4) is 0 Å².